The van der Waals surface area contributed by atoms with Crippen LogP contribution in [0.15, 0.2) is 28.7 Å². The van der Waals surface area contributed by atoms with Crippen LogP contribution in [-0.4, -0.2) is 15.1 Å². The standard InChI is InChI=1S/C9H7N3O4S/c13-12(14)6-2-1-3-7(4-6)15-5-8-10-11-9(17)16-8/h1-4H,5H2,(H,11,17). The molecule has 1 aromatic carbocycles. The summed E-state index contributed by atoms with van der Waals surface area (Å²) in [6.07, 6.45) is 0. The number of nitrogens with one attached hydrogen (secondary N) is 1. The van der Waals surface area contributed by atoms with Crippen molar-refractivity contribution < 1.29 is 14.1 Å². The van der Waals surface area contributed by atoms with Gasteiger partial charge in [0, 0.05) is 6.07 Å². The quantitative estimate of drug-likeness (QED) is 0.510. The van der Waals surface area contributed by atoms with Crippen molar-refractivity contribution in [3.05, 3.63) is 45.1 Å². The molecule has 88 valence electrons. The van der Waals surface area contributed by atoms with Crippen LogP contribution in [0.3, 0.4) is 0 Å². The number of rotatable bonds is 4. The Morgan fingerprint density at radius 3 is 3.06 bits per heavy atom. The zero-order valence-electron chi connectivity index (χ0n) is 8.45. The van der Waals surface area contributed by atoms with E-state index in [4.69, 9.17) is 9.15 Å². The summed E-state index contributed by atoms with van der Waals surface area (Å²) in [7, 11) is 0. The molecule has 0 atom stereocenters. The average molecular weight is 253 g/mol. The summed E-state index contributed by atoms with van der Waals surface area (Å²) in [5.41, 5.74) is -0.0366. The molecule has 0 aliphatic carbocycles. The van der Waals surface area contributed by atoms with Crippen molar-refractivity contribution in [2.45, 2.75) is 6.61 Å². The van der Waals surface area contributed by atoms with Gasteiger partial charge in [-0.2, -0.15) is 0 Å². The number of benzene rings is 1. The van der Waals surface area contributed by atoms with Gasteiger partial charge in [-0.3, -0.25) is 10.1 Å². The van der Waals surface area contributed by atoms with Gasteiger partial charge in [-0.15, -0.1) is 5.10 Å². The third-order valence-electron chi connectivity index (χ3n) is 1.87. The fourth-order valence-electron chi connectivity index (χ4n) is 1.15. The minimum Gasteiger partial charge on any atom is -0.484 e. The minimum atomic E-state index is -0.493. The van der Waals surface area contributed by atoms with E-state index < -0.39 is 4.92 Å². The number of nitro groups is 1. The van der Waals surface area contributed by atoms with Crippen LogP contribution in [0.1, 0.15) is 5.89 Å². The van der Waals surface area contributed by atoms with Crippen LogP contribution in [0.25, 0.3) is 0 Å². The lowest BCUT2D eigenvalue weighted by atomic mass is 10.3. The zero-order chi connectivity index (χ0) is 12.3. The molecule has 0 saturated carbocycles. The molecule has 0 amide bonds. The van der Waals surface area contributed by atoms with Gasteiger partial charge in [0.2, 0.25) is 0 Å². The van der Waals surface area contributed by atoms with Gasteiger partial charge in [-0.1, -0.05) is 6.07 Å². The van der Waals surface area contributed by atoms with Gasteiger partial charge < -0.3 is 9.15 Å². The predicted octanol–water partition coefficient (Wildman–Crippen LogP) is 2.22. The highest BCUT2D eigenvalue weighted by atomic mass is 32.1. The van der Waals surface area contributed by atoms with Crippen molar-refractivity contribution in [2.24, 2.45) is 0 Å². The van der Waals surface area contributed by atoms with Crippen LogP contribution < -0.4 is 4.74 Å². The highest BCUT2D eigenvalue weighted by molar-refractivity contribution is 7.71. The maximum atomic E-state index is 10.5. The summed E-state index contributed by atoms with van der Waals surface area (Å²) in [6.45, 7) is 0.0499. The molecule has 0 spiro atoms. The summed E-state index contributed by atoms with van der Waals surface area (Å²) < 4.78 is 10.2. The molecule has 7 nitrogen and oxygen atoms in total. The van der Waals surface area contributed by atoms with Crippen molar-refractivity contribution in [2.75, 3.05) is 0 Å². The molecule has 0 saturated heterocycles. The average Bonchev–Trinajstić information content (AvgIpc) is 2.73. The molecule has 0 unspecified atom stereocenters. The predicted molar refractivity (Wildman–Crippen MR) is 59.1 cm³/mol. The number of H-pyrrole nitrogens is 1. The third kappa shape index (κ3) is 2.88. The SMILES string of the molecule is O=[N+]([O-])c1cccc(OCc2n[nH]c(=S)o2)c1. The third-order valence-corrected chi connectivity index (χ3v) is 2.05. The molecule has 8 heteroatoms. The molecule has 2 aromatic rings. The van der Waals surface area contributed by atoms with Crippen molar-refractivity contribution in [3.63, 3.8) is 0 Å². The van der Waals surface area contributed by atoms with E-state index in [2.05, 4.69) is 22.4 Å². The van der Waals surface area contributed by atoms with E-state index in [0.717, 1.165) is 0 Å². The molecule has 0 aliphatic heterocycles. The second kappa shape index (κ2) is 4.74. The van der Waals surface area contributed by atoms with E-state index in [9.17, 15) is 10.1 Å². The highest BCUT2D eigenvalue weighted by Gasteiger charge is 2.07. The molecule has 1 heterocycles. The molecule has 17 heavy (non-hydrogen) atoms. The van der Waals surface area contributed by atoms with Crippen molar-refractivity contribution in [1.82, 2.24) is 10.2 Å². The van der Waals surface area contributed by atoms with Crippen molar-refractivity contribution >= 4 is 17.9 Å². The zero-order valence-corrected chi connectivity index (χ0v) is 9.27. The molecule has 2 rings (SSSR count). The fraction of sp³-hybridized carbons (Fsp3) is 0.111. The largest absolute Gasteiger partial charge is 0.484 e. The number of hydrogen-bond donors (Lipinski definition) is 1. The van der Waals surface area contributed by atoms with E-state index >= 15 is 0 Å². The van der Waals surface area contributed by atoms with Gasteiger partial charge in [0.25, 0.3) is 16.4 Å². The molecular weight excluding hydrogens is 246 g/mol. The van der Waals surface area contributed by atoms with E-state index in [1.807, 2.05) is 0 Å². The van der Waals surface area contributed by atoms with E-state index in [0.29, 0.717) is 5.75 Å². The normalized spacial score (nSPS) is 10.1. The Hall–Kier alpha value is -2.22. The smallest absolute Gasteiger partial charge is 0.284 e. The van der Waals surface area contributed by atoms with Gasteiger partial charge >= 0.3 is 0 Å². The number of nitrogens with zero attached hydrogens (tertiary/aromatic N) is 2. The van der Waals surface area contributed by atoms with E-state index in [-0.39, 0.29) is 23.0 Å². The van der Waals surface area contributed by atoms with Gasteiger partial charge in [-0.05, 0) is 18.3 Å². The van der Waals surface area contributed by atoms with Crippen LogP contribution in [-0.2, 0) is 6.61 Å². The fourth-order valence-corrected chi connectivity index (χ4v) is 1.30. The van der Waals surface area contributed by atoms with Crippen molar-refractivity contribution in [3.8, 4) is 5.75 Å². The summed E-state index contributed by atoms with van der Waals surface area (Å²) in [5.74, 6) is 0.643. The highest BCUT2D eigenvalue weighted by Crippen LogP contribution is 2.19. The van der Waals surface area contributed by atoms with Gasteiger partial charge in [0.1, 0.15) is 5.75 Å². The van der Waals surface area contributed by atoms with E-state index in [1.54, 1.807) is 6.07 Å². The maximum absolute atomic E-state index is 10.5. The maximum Gasteiger partial charge on any atom is 0.284 e. The first-order valence-corrected chi connectivity index (χ1v) is 4.97. The number of ether oxygens (including phenoxy) is 1. The lowest BCUT2D eigenvalue weighted by molar-refractivity contribution is -0.384. The number of aromatic nitrogens is 2. The molecule has 1 aromatic heterocycles. The Kier molecular flexibility index (Phi) is 3.15. The van der Waals surface area contributed by atoms with Crippen molar-refractivity contribution in [1.29, 1.82) is 0 Å². The van der Waals surface area contributed by atoms with Crippen LogP contribution in [0.4, 0.5) is 5.69 Å². The first-order valence-electron chi connectivity index (χ1n) is 4.57. The van der Waals surface area contributed by atoms with Crippen LogP contribution >= 0.6 is 12.2 Å². The second-order valence-corrected chi connectivity index (χ2v) is 3.42. The Morgan fingerprint density at radius 2 is 2.41 bits per heavy atom. The number of hydrogen-bond acceptors (Lipinski definition) is 6. The Morgan fingerprint density at radius 1 is 1.59 bits per heavy atom. The summed E-state index contributed by atoms with van der Waals surface area (Å²) in [6, 6.07) is 5.84. The van der Waals surface area contributed by atoms with Gasteiger partial charge in [0.05, 0.1) is 11.0 Å². The first-order chi connectivity index (χ1) is 8.15. The van der Waals surface area contributed by atoms with E-state index in [1.165, 1.54) is 18.2 Å². The molecule has 0 bridgehead atoms. The monoisotopic (exact) mass is 253 g/mol. The topological polar surface area (TPSA) is 94.2 Å². The second-order valence-electron chi connectivity index (χ2n) is 3.05. The summed E-state index contributed by atoms with van der Waals surface area (Å²) in [5, 5.41) is 16.7. The van der Waals surface area contributed by atoms with Crippen LogP contribution in [0.2, 0.25) is 0 Å². The Labute approximate surface area is 100 Å². The molecular formula is C9H7N3O4S. The molecule has 0 aliphatic rings. The van der Waals surface area contributed by atoms with Crippen LogP contribution in [0.5, 0.6) is 5.75 Å². The molecule has 1 N–H and O–H groups in total. The number of non-ortho nitro benzene ring substituents is 1. The lowest BCUT2D eigenvalue weighted by Gasteiger charge is -2.02. The Bertz CT molecular complexity index is 592. The Balaban J connectivity index is 2.06. The van der Waals surface area contributed by atoms with Gasteiger partial charge in [0.15, 0.2) is 6.61 Å². The minimum absolute atomic E-state index is 0.0366. The summed E-state index contributed by atoms with van der Waals surface area (Å²) >= 11 is 4.69. The summed E-state index contributed by atoms with van der Waals surface area (Å²) in [4.78, 5) is 10.2. The number of aromatic amines is 1. The number of nitro benzene ring substituents is 1. The van der Waals surface area contributed by atoms with Crippen LogP contribution in [0, 0.1) is 15.0 Å². The van der Waals surface area contributed by atoms with Gasteiger partial charge in [-0.25, -0.2) is 5.10 Å². The lowest BCUT2D eigenvalue weighted by Crippen LogP contribution is -1.96. The molecule has 0 fully saturated rings. The molecule has 0 radical (unpaired) electrons. The first kappa shape index (κ1) is 11.3.